The van der Waals surface area contributed by atoms with Crippen molar-refractivity contribution >= 4 is 11.1 Å². The van der Waals surface area contributed by atoms with E-state index in [1.165, 1.54) is 111 Å². The molecule has 0 N–H and O–H groups in total. The Labute approximate surface area is 316 Å². The van der Waals surface area contributed by atoms with Crippen LogP contribution in [0.15, 0.2) is 254 Å². The van der Waals surface area contributed by atoms with E-state index in [-0.39, 0.29) is 11.8 Å². The zero-order chi connectivity index (χ0) is 35.1. The molecule has 0 radical (unpaired) electrons. The van der Waals surface area contributed by atoms with Crippen LogP contribution >= 0.6 is 0 Å². The number of hydrogen-bond donors (Lipinski definition) is 0. The van der Waals surface area contributed by atoms with Crippen molar-refractivity contribution in [2.45, 2.75) is 18.8 Å². The van der Waals surface area contributed by atoms with Gasteiger partial charge in [0.15, 0.2) is 0 Å². The van der Waals surface area contributed by atoms with Crippen LogP contribution in [0.3, 0.4) is 0 Å². The number of allylic oxidation sites excluding steroid dienone is 42. The van der Waals surface area contributed by atoms with Crippen LogP contribution in [0.4, 0.5) is 0 Å². The molecule has 0 saturated heterocycles. The first-order valence-electron chi connectivity index (χ1n) is 19.7. The summed E-state index contributed by atoms with van der Waals surface area (Å²) in [6.07, 6.45) is 60.9. The number of hydrogen-bond acceptors (Lipinski definition) is 0. The topological polar surface area (TPSA) is 0 Å². The molecule has 0 aromatic heterocycles. The van der Waals surface area contributed by atoms with Gasteiger partial charge in [0.2, 0.25) is 0 Å². The van der Waals surface area contributed by atoms with E-state index in [0.717, 1.165) is 12.8 Å². The summed E-state index contributed by atoms with van der Waals surface area (Å²) in [7, 11) is 0. The Bertz CT molecular complexity index is 2830. The van der Waals surface area contributed by atoms with Crippen LogP contribution in [0.2, 0.25) is 0 Å². The van der Waals surface area contributed by atoms with Gasteiger partial charge in [-0.25, -0.2) is 0 Å². The lowest BCUT2D eigenvalue weighted by Gasteiger charge is -2.39. The van der Waals surface area contributed by atoms with Crippen LogP contribution in [0.5, 0.6) is 0 Å². The van der Waals surface area contributed by atoms with Crippen LogP contribution in [-0.4, -0.2) is 0 Å². The van der Waals surface area contributed by atoms with Gasteiger partial charge in [-0.2, -0.15) is 0 Å². The largest absolute Gasteiger partial charge is 0.0795 e. The fraction of sp³-hybridized carbons (Fsp3) is 0.111. The normalized spacial score (nSPS) is 29.1. The predicted molar refractivity (Wildman–Crippen MR) is 223 cm³/mol. The van der Waals surface area contributed by atoms with Crippen LogP contribution in [0.1, 0.15) is 35.4 Å². The second-order valence-electron chi connectivity index (χ2n) is 16.2. The minimum Gasteiger partial charge on any atom is -0.0795 e. The van der Waals surface area contributed by atoms with E-state index in [2.05, 4.69) is 170 Å². The maximum atomic E-state index is 2.57. The monoisotopic (exact) mass is 684 g/mol. The second-order valence-corrected chi connectivity index (χ2v) is 16.2. The maximum Gasteiger partial charge on any atom is 0.0354 e. The Morgan fingerprint density at radius 1 is 0.463 bits per heavy atom. The summed E-state index contributed by atoms with van der Waals surface area (Å²) in [5, 5.41) is 0. The first-order valence-corrected chi connectivity index (χ1v) is 19.7. The van der Waals surface area contributed by atoms with Crippen LogP contribution < -0.4 is 0 Å². The van der Waals surface area contributed by atoms with Gasteiger partial charge in [0.25, 0.3) is 0 Å². The lowest BCUT2D eigenvalue weighted by molar-refractivity contribution is 0.813. The highest BCUT2D eigenvalue weighted by Crippen LogP contribution is 2.55. The van der Waals surface area contributed by atoms with E-state index in [1.807, 2.05) is 0 Å². The van der Waals surface area contributed by atoms with Crippen molar-refractivity contribution in [1.29, 1.82) is 0 Å². The van der Waals surface area contributed by atoms with Gasteiger partial charge < -0.3 is 0 Å². The van der Waals surface area contributed by atoms with E-state index < -0.39 is 0 Å². The Kier molecular flexibility index (Phi) is 5.78. The van der Waals surface area contributed by atoms with Crippen molar-refractivity contribution in [3.8, 4) is 0 Å². The van der Waals surface area contributed by atoms with Gasteiger partial charge in [-0.05, 0) is 130 Å². The molecular weight excluding hydrogens is 649 g/mol. The van der Waals surface area contributed by atoms with Gasteiger partial charge in [0.05, 0.1) is 0 Å². The highest BCUT2D eigenvalue weighted by atomic mass is 14.4. The first kappa shape index (κ1) is 29.2. The Morgan fingerprint density at radius 2 is 1.17 bits per heavy atom. The second kappa shape index (κ2) is 10.7. The molecule has 0 heteroatoms. The fourth-order valence-electron chi connectivity index (χ4n) is 11.3. The van der Waals surface area contributed by atoms with E-state index in [0.29, 0.717) is 11.8 Å². The molecule has 0 bridgehead atoms. The number of rotatable bonds is 3. The third-order valence-corrected chi connectivity index (χ3v) is 13.7. The molecule has 0 nitrogen and oxygen atoms in total. The summed E-state index contributed by atoms with van der Waals surface area (Å²) in [5.74, 6) is 1.12. The molecule has 0 aliphatic heterocycles. The Hall–Kier alpha value is -6.24. The third-order valence-electron chi connectivity index (χ3n) is 13.7. The molecule has 0 saturated carbocycles. The predicted octanol–water partition coefficient (Wildman–Crippen LogP) is 12.4. The lowest BCUT2D eigenvalue weighted by Crippen LogP contribution is -2.23. The third kappa shape index (κ3) is 3.88. The SMILES string of the molecule is C1=CC2=CC=C3CC=C(c4cc(C5C=CC6=CC=C7C=CC=C8C=CC5=C6C87)ccc4C4=C5C=CC6=C7C(=CC=C(C=C4)C57)CC=C6)C4=C3C2C(=C1)C=C4. The smallest absolute Gasteiger partial charge is 0.0354 e. The zero-order valence-corrected chi connectivity index (χ0v) is 29.9. The van der Waals surface area contributed by atoms with Crippen molar-refractivity contribution in [1.82, 2.24) is 0 Å². The van der Waals surface area contributed by atoms with E-state index >= 15 is 0 Å². The molecule has 12 aliphatic rings. The molecule has 1 aromatic carbocycles. The molecule has 12 aliphatic carbocycles. The average Bonchev–Trinajstić information content (AvgIpc) is 3.23. The van der Waals surface area contributed by atoms with Gasteiger partial charge in [-0.3, -0.25) is 0 Å². The van der Waals surface area contributed by atoms with Crippen molar-refractivity contribution in [2.75, 3.05) is 0 Å². The molecule has 1 aromatic rings. The van der Waals surface area contributed by atoms with Gasteiger partial charge in [-0.15, -0.1) is 0 Å². The molecule has 54 heavy (non-hydrogen) atoms. The van der Waals surface area contributed by atoms with Crippen LogP contribution in [0, 0.1) is 17.8 Å². The molecular formula is C54H36. The molecule has 13 rings (SSSR count). The van der Waals surface area contributed by atoms with Gasteiger partial charge in [-0.1, -0.05) is 164 Å². The Balaban J connectivity index is 1.01. The summed E-state index contributed by atoms with van der Waals surface area (Å²) in [5.41, 5.74) is 28.2. The maximum absolute atomic E-state index is 2.57. The van der Waals surface area contributed by atoms with Crippen molar-refractivity contribution in [3.05, 3.63) is 270 Å². The summed E-state index contributed by atoms with van der Waals surface area (Å²) < 4.78 is 0. The average molecular weight is 685 g/mol. The van der Waals surface area contributed by atoms with Crippen LogP contribution in [0.25, 0.3) is 11.1 Å². The van der Waals surface area contributed by atoms with Gasteiger partial charge >= 0.3 is 0 Å². The molecule has 0 spiro atoms. The molecule has 0 heterocycles. The quantitative estimate of drug-likeness (QED) is 0.297. The molecule has 4 unspecified atom stereocenters. The minimum atomic E-state index is 0.186. The summed E-state index contributed by atoms with van der Waals surface area (Å²) in [6.45, 7) is 0. The molecule has 4 atom stereocenters. The van der Waals surface area contributed by atoms with E-state index in [9.17, 15) is 0 Å². The number of benzene rings is 1. The van der Waals surface area contributed by atoms with Gasteiger partial charge in [0, 0.05) is 23.7 Å². The first-order chi connectivity index (χ1) is 26.8. The summed E-state index contributed by atoms with van der Waals surface area (Å²) >= 11 is 0. The summed E-state index contributed by atoms with van der Waals surface area (Å²) in [4.78, 5) is 0. The Morgan fingerprint density at radius 3 is 2.02 bits per heavy atom. The van der Waals surface area contributed by atoms with Gasteiger partial charge in [0.1, 0.15) is 0 Å². The fourth-order valence-corrected chi connectivity index (χ4v) is 11.3. The lowest BCUT2D eigenvalue weighted by atomic mass is 9.65. The van der Waals surface area contributed by atoms with E-state index in [1.54, 1.807) is 0 Å². The summed E-state index contributed by atoms with van der Waals surface area (Å²) in [6, 6.07) is 7.47. The van der Waals surface area contributed by atoms with E-state index in [4.69, 9.17) is 0 Å². The zero-order valence-electron chi connectivity index (χ0n) is 29.9. The standard InChI is InChI=1S/C54H36/c1-4-31-10-13-37-16-23-41(45-27-19-34(7-1)49(31)52(37)45)40-22-26-43(42-24-17-38-14-11-32-5-2-8-35-20-28-46(42)53(38)50(32)35)48(30-40)44-25-18-39-15-12-33-6-3-9-36-21-29-47(44)54(39)51(33)36/h1-4,6-17,19-30,41,49,51,53H,5,18H2. The molecule has 0 amide bonds. The van der Waals surface area contributed by atoms with Crippen LogP contribution in [-0.2, 0) is 0 Å². The van der Waals surface area contributed by atoms with Crippen molar-refractivity contribution < 1.29 is 0 Å². The van der Waals surface area contributed by atoms with Crippen molar-refractivity contribution in [2.24, 2.45) is 17.8 Å². The highest BCUT2D eigenvalue weighted by Gasteiger charge is 2.39. The molecule has 0 fully saturated rings. The molecule has 252 valence electrons. The van der Waals surface area contributed by atoms with Crippen molar-refractivity contribution in [3.63, 3.8) is 0 Å². The highest BCUT2D eigenvalue weighted by molar-refractivity contribution is 5.97. The minimum absolute atomic E-state index is 0.186.